The van der Waals surface area contributed by atoms with E-state index in [1.165, 1.54) is 34.6 Å². The predicted octanol–water partition coefficient (Wildman–Crippen LogP) is 5.00. The van der Waals surface area contributed by atoms with Gasteiger partial charge < -0.3 is 30.6 Å². The number of benzene rings is 2. The van der Waals surface area contributed by atoms with Crippen LogP contribution in [0.4, 0.5) is 11.4 Å². The minimum Gasteiger partial charge on any atom is -0.474 e. The van der Waals surface area contributed by atoms with E-state index in [9.17, 15) is 0 Å². The molecule has 0 atom stereocenters. The lowest BCUT2D eigenvalue weighted by molar-refractivity contribution is 0.277. The highest BCUT2D eigenvalue weighted by Gasteiger charge is 2.25. The monoisotopic (exact) mass is 517 g/mol. The lowest BCUT2D eigenvalue weighted by Gasteiger charge is -2.30. The van der Waals surface area contributed by atoms with Crippen LogP contribution >= 0.6 is 11.8 Å². The maximum absolute atomic E-state index is 5.90. The van der Waals surface area contributed by atoms with E-state index >= 15 is 0 Å². The molecule has 200 valence electrons. The van der Waals surface area contributed by atoms with Crippen LogP contribution in [0.15, 0.2) is 65.6 Å². The average Bonchev–Trinajstić information content (AvgIpc) is 3.70. The van der Waals surface area contributed by atoms with Gasteiger partial charge in [-0.3, -0.25) is 0 Å². The normalized spacial score (nSPS) is 13.5. The Bertz CT molecular complexity index is 1030. The first kappa shape index (κ1) is 31.4. The molecule has 1 aromatic heterocycles. The third-order valence-corrected chi connectivity index (χ3v) is 6.53. The molecule has 2 aliphatic rings. The Morgan fingerprint density at radius 2 is 1.67 bits per heavy atom. The molecular weight excluding hydrogens is 474 g/mol. The maximum Gasteiger partial charge on any atom is 0.238 e. The summed E-state index contributed by atoms with van der Waals surface area (Å²) < 4.78 is 10.1. The van der Waals surface area contributed by atoms with Crippen molar-refractivity contribution in [2.75, 3.05) is 38.5 Å². The third-order valence-electron chi connectivity index (χ3n) is 5.79. The van der Waals surface area contributed by atoms with Gasteiger partial charge in [0.1, 0.15) is 12.3 Å². The zero-order chi connectivity index (χ0) is 23.0. The van der Waals surface area contributed by atoms with E-state index in [1.807, 2.05) is 0 Å². The molecule has 3 aromatic rings. The number of nitrogens with zero attached hydrogens (tertiary/aromatic N) is 2. The molecule has 1 aliphatic heterocycles. The van der Waals surface area contributed by atoms with E-state index in [0.717, 1.165) is 42.8 Å². The summed E-state index contributed by atoms with van der Waals surface area (Å²) in [5.74, 6) is 1.52. The number of hydrogen-bond acceptors (Lipinski definition) is 6. The molecule has 0 radical (unpaired) electrons. The van der Waals surface area contributed by atoms with Gasteiger partial charge >= 0.3 is 0 Å². The average molecular weight is 518 g/mol. The second-order valence-corrected chi connectivity index (χ2v) is 9.23. The first-order valence-corrected chi connectivity index (χ1v) is 12.7. The lowest BCUT2D eigenvalue weighted by atomic mass is 10.1. The van der Waals surface area contributed by atoms with Crippen molar-refractivity contribution in [2.45, 2.75) is 44.2 Å². The number of anilines is 2. The van der Waals surface area contributed by atoms with Crippen molar-refractivity contribution >= 4 is 23.1 Å². The van der Waals surface area contributed by atoms with Gasteiger partial charge in [0.2, 0.25) is 5.88 Å². The molecule has 0 spiro atoms. The number of rotatable bonds is 7. The van der Waals surface area contributed by atoms with Crippen molar-refractivity contribution < 1.29 is 21.9 Å². The van der Waals surface area contributed by atoms with Crippen molar-refractivity contribution in [3.8, 4) is 5.88 Å². The molecule has 1 aliphatic carbocycles. The van der Waals surface area contributed by atoms with Gasteiger partial charge in [0.05, 0.1) is 12.2 Å². The van der Waals surface area contributed by atoms with E-state index in [4.69, 9.17) is 9.72 Å². The van der Waals surface area contributed by atoms with Crippen LogP contribution in [0.3, 0.4) is 0 Å². The van der Waals surface area contributed by atoms with Crippen molar-refractivity contribution in [3.63, 3.8) is 0 Å². The van der Waals surface area contributed by atoms with Crippen LogP contribution < -0.4 is 15.0 Å². The first-order chi connectivity index (χ1) is 16.2. The highest BCUT2D eigenvalue weighted by molar-refractivity contribution is 7.98. The van der Waals surface area contributed by atoms with E-state index in [2.05, 4.69) is 81.9 Å². The minimum absolute atomic E-state index is 0. The van der Waals surface area contributed by atoms with Crippen LogP contribution in [0.5, 0.6) is 5.88 Å². The van der Waals surface area contributed by atoms with Crippen LogP contribution in [0, 0.1) is 0 Å². The van der Waals surface area contributed by atoms with Gasteiger partial charge in [-0.15, -0.1) is 11.8 Å². The molecule has 0 amide bonds. The highest BCUT2D eigenvalue weighted by atomic mass is 32.2. The Balaban J connectivity index is 0.00000177. The van der Waals surface area contributed by atoms with Gasteiger partial charge in [0, 0.05) is 39.3 Å². The van der Waals surface area contributed by atoms with Crippen molar-refractivity contribution in [1.29, 1.82) is 0 Å². The van der Waals surface area contributed by atoms with Crippen LogP contribution in [-0.2, 0) is 17.8 Å². The van der Waals surface area contributed by atoms with Crippen LogP contribution in [-0.4, -0.2) is 49.6 Å². The number of nitrogens with one attached hydrogen (secondary N) is 1. The number of thioether (sulfide) groups is 1. The number of aromatic nitrogens is 1. The zero-order valence-electron chi connectivity index (χ0n) is 20.7. The standard InChI is InChI=1S/C25H27N3OS.C2H6O.CH4.2H2O.H2/c1-30-23-11-2-18(3-12-23)16-26-17-21-8-13-24-25(27-21)29-15-14-28(24)22-9-6-20(7-10-22)19-4-5-19;1-3-2;;;;/h2-3,6-13,19,26H,4-5,14-17H2,1H3;1-2H3;1H4;2*1H2;1H. The maximum atomic E-state index is 5.90. The fraction of sp³-hybridized carbons (Fsp3) is 0.393. The Labute approximate surface area is 221 Å². The Morgan fingerprint density at radius 3 is 2.28 bits per heavy atom. The molecule has 1 saturated carbocycles. The van der Waals surface area contributed by atoms with Crippen molar-refractivity contribution in [2.24, 2.45) is 0 Å². The number of hydrogen-bond donors (Lipinski definition) is 1. The second kappa shape index (κ2) is 15.5. The summed E-state index contributed by atoms with van der Waals surface area (Å²) in [5.41, 5.74) is 6.01. The summed E-state index contributed by atoms with van der Waals surface area (Å²) in [7, 11) is 3.25. The molecule has 0 unspecified atom stereocenters. The number of methoxy groups -OCH3 is 1. The summed E-state index contributed by atoms with van der Waals surface area (Å²) >= 11 is 1.77. The van der Waals surface area contributed by atoms with Gasteiger partial charge in [-0.1, -0.05) is 31.7 Å². The Hall–Kier alpha value is -2.62. The van der Waals surface area contributed by atoms with Crippen LogP contribution in [0.25, 0.3) is 0 Å². The van der Waals surface area contributed by atoms with E-state index in [-0.39, 0.29) is 19.8 Å². The van der Waals surface area contributed by atoms with Gasteiger partial charge in [-0.2, -0.15) is 0 Å². The van der Waals surface area contributed by atoms with E-state index in [1.54, 1.807) is 26.0 Å². The van der Waals surface area contributed by atoms with Gasteiger partial charge in [-0.25, -0.2) is 4.98 Å². The van der Waals surface area contributed by atoms with Gasteiger partial charge in [-0.05, 0) is 72.5 Å². The summed E-state index contributed by atoms with van der Waals surface area (Å²) in [6.45, 7) is 3.05. The molecule has 5 rings (SSSR count). The molecule has 2 aromatic carbocycles. The van der Waals surface area contributed by atoms with Crippen molar-refractivity contribution in [1.82, 2.24) is 10.3 Å². The molecule has 0 bridgehead atoms. The third kappa shape index (κ3) is 8.21. The van der Waals surface area contributed by atoms with Gasteiger partial charge in [0.25, 0.3) is 0 Å². The lowest BCUT2D eigenvalue weighted by Crippen LogP contribution is -2.29. The molecule has 2 heterocycles. The van der Waals surface area contributed by atoms with E-state index in [0.29, 0.717) is 6.61 Å². The number of fused-ring (bicyclic) bond motifs is 1. The minimum atomic E-state index is 0. The molecule has 8 heteroatoms. The number of pyridine rings is 1. The molecule has 0 saturated heterocycles. The van der Waals surface area contributed by atoms with Crippen LogP contribution in [0.1, 0.15) is 44.4 Å². The predicted molar refractivity (Wildman–Crippen MR) is 153 cm³/mol. The van der Waals surface area contributed by atoms with E-state index < -0.39 is 0 Å². The molecular formula is C28H43N3O4S. The van der Waals surface area contributed by atoms with Gasteiger partial charge in [0.15, 0.2) is 0 Å². The quantitative estimate of drug-likeness (QED) is 0.442. The van der Waals surface area contributed by atoms with Crippen molar-refractivity contribution in [3.05, 3.63) is 77.5 Å². The van der Waals surface area contributed by atoms with Crippen LogP contribution in [0.2, 0.25) is 0 Å². The fourth-order valence-electron chi connectivity index (χ4n) is 3.93. The molecule has 36 heavy (non-hydrogen) atoms. The second-order valence-electron chi connectivity index (χ2n) is 8.35. The number of ether oxygens (including phenoxy) is 2. The molecule has 5 N–H and O–H groups in total. The first-order valence-electron chi connectivity index (χ1n) is 11.5. The smallest absolute Gasteiger partial charge is 0.238 e. The summed E-state index contributed by atoms with van der Waals surface area (Å²) in [6, 6.07) is 21.9. The molecule has 1 fully saturated rings. The highest BCUT2D eigenvalue weighted by Crippen LogP contribution is 2.41. The Morgan fingerprint density at radius 1 is 1.00 bits per heavy atom. The zero-order valence-corrected chi connectivity index (χ0v) is 21.5. The molecule has 7 nitrogen and oxygen atoms in total. The summed E-state index contributed by atoms with van der Waals surface area (Å²) in [6.07, 6.45) is 4.77. The SMILES string of the molecule is C.COC.CSc1ccc(CNCc2ccc3c(n2)OCCN3c2ccc(C3CC3)cc2)cc1.O.O.[HH]. The largest absolute Gasteiger partial charge is 0.474 e. The Kier molecular flexibility index (Phi) is 13.5. The summed E-state index contributed by atoms with van der Waals surface area (Å²) in [4.78, 5) is 8.38. The topological polar surface area (TPSA) is 110 Å². The summed E-state index contributed by atoms with van der Waals surface area (Å²) in [5, 5.41) is 3.49. The fourth-order valence-corrected chi connectivity index (χ4v) is 4.33.